The number of carbonyl (C=O) groups is 1. The molecule has 1 aliphatic carbocycles. The Balaban J connectivity index is 1.44. The van der Waals surface area contributed by atoms with Crippen LogP contribution < -0.4 is 10.1 Å². The summed E-state index contributed by atoms with van der Waals surface area (Å²) in [6, 6.07) is 9.36. The lowest BCUT2D eigenvalue weighted by Gasteiger charge is -2.29. The van der Waals surface area contributed by atoms with Gasteiger partial charge in [0.15, 0.2) is 15.6 Å². The van der Waals surface area contributed by atoms with Crippen LogP contribution in [0.4, 0.5) is 5.13 Å². The molecule has 0 bridgehead atoms. The minimum absolute atomic E-state index is 0.0919. The van der Waals surface area contributed by atoms with Gasteiger partial charge in [-0.05, 0) is 44.0 Å². The van der Waals surface area contributed by atoms with Crippen molar-refractivity contribution in [2.75, 3.05) is 12.4 Å². The first-order valence-electron chi connectivity index (χ1n) is 10.6. The summed E-state index contributed by atoms with van der Waals surface area (Å²) in [7, 11) is 1.57. The molecule has 34 heavy (non-hydrogen) atoms. The molecule has 4 aromatic rings. The van der Waals surface area contributed by atoms with E-state index in [1.807, 2.05) is 13.0 Å². The van der Waals surface area contributed by atoms with E-state index in [9.17, 15) is 4.79 Å². The summed E-state index contributed by atoms with van der Waals surface area (Å²) in [5.74, 6) is 0.573. The van der Waals surface area contributed by atoms with Crippen molar-refractivity contribution in [2.45, 2.75) is 25.7 Å². The molecule has 0 aliphatic heterocycles. The molecule has 3 aromatic heterocycles. The number of nitrogens with zero attached hydrogens (tertiary/aromatic N) is 5. The number of hydrogen-bond donors (Lipinski definition) is 1. The minimum atomic E-state index is -0.361. The van der Waals surface area contributed by atoms with Crippen LogP contribution in [0.15, 0.2) is 36.7 Å². The Bertz CT molecular complexity index is 1460. The van der Waals surface area contributed by atoms with E-state index in [1.54, 1.807) is 31.5 Å². The summed E-state index contributed by atoms with van der Waals surface area (Å²) >= 11 is 7.49. The molecular formula is C24H19ClN6O2S. The molecule has 1 saturated carbocycles. The Hall–Kier alpha value is -3.61. The molecule has 8 nitrogen and oxygen atoms in total. The zero-order valence-electron chi connectivity index (χ0n) is 18.4. The number of fused-ring (bicyclic) bond motifs is 1. The lowest BCUT2D eigenvalue weighted by Crippen LogP contribution is -2.21. The highest BCUT2D eigenvalue weighted by Gasteiger charge is 2.31. The van der Waals surface area contributed by atoms with Crippen molar-refractivity contribution < 1.29 is 9.53 Å². The van der Waals surface area contributed by atoms with Crippen LogP contribution in [-0.4, -0.2) is 33.0 Å². The van der Waals surface area contributed by atoms with Crippen LogP contribution in [0.1, 0.15) is 40.5 Å². The summed E-state index contributed by atoms with van der Waals surface area (Å²) in [4.78, 5) is 31.7. The average molecular weight is 491 g/mol. The fourth-order valence-electron chi connectivity index (χ4n) is 3.97. The van der Waals surface area contributed by atoms with Gasteiger partial charge in [-0.15, -0.1) is 0 Å². The quantitative estimate of drug-likeness (QED) is 0.399. The van der Waals surface area contributed by atoms with Gasteiger partial charge in [0.25, 0.3) is 5.91 Å². The number of benzene rings is 1. The van der Waals surface area contributed by atoms with E-state index >= 15 is 0 Å². The highest BCUT2D eigenvalue weighted by atomic mass is 35.5. The van der Waals surface area contributed by atoms with Gasteiger partial charge < -0.3 is 4.74 Å². The number of halogens is 1. The van der Waals surface area contributed by atoms with Gasteiger partial charge in [-0.1, -0.05) is 22.9 Å². The maximum absolute atomic E-state index is 13.3. The van der Waals surface area contributed by atoms with Crippen LogP contribution >= 0.6 is 22.9 Å². The van der Waals surface area contributed by atoms with E-state index in [2.05, 4.69) is 31.3 Å². The van der Waals surface area contributed by atoms with Crippen LogP contribution in [0.3, 0.4) is 0 Å². The molecule has 10 heteroatoms. The first-order valence-corrected chi connectivity index (χ1v) is 11.8. The van der Waals surface area contributed by atoms with E-state index in [-0.39, 0.29) is 17.7 Å². The van der Waals surface area contributed by atoms with Crippen molar-refractivity contribution in [1.29, 1.82) is 5.26 Å². The lowest BCUT2D eigenvalue weighted by molar-refractivity contribution is 0.102. The van der Waals surface area contributed by atoms with E-state index in [4.69, 9.17) is 21.6 Å². The first kappa shape index (κ1) is 22.2. The number of nitrogens with one attached hydrogen (secondary N) is 1. The van der Waals surface area contributed by atoms with Crippen LogP contribution in [0, 0.1) is 24.2 Å². The predicted octanol–water partition coefficient (Wildman–Crippen LogP) is 5.39. The summed E-state index contributed by atoms with van der Waals surface area (Å²) < 4.78 is 5.49. The largest absolute Gasteiger partial charge is 0.496 e. The summed E-state index contributed by atoms with van der Waals surface area (Å²) in [6.07, 6.45) is 4.84. The first-order chi connectivity index (χ1) is 16.4. The second-order valence-corrected chi connectivity index (χ2v) is 9.52. The number of thiazole rings is 1. The molecule has 1 aliphatic rings. The third-order valence-electron chi connectivity index (χ3n) is 5.84. The smallest absolute Gasteiger partial charge is 0.259 e. The third-order valence-corrected chi connectivity index (χ3v) is 6.93. The summed E-state index contributed by atoms with van der Waals surface area (Å²) in [5, 5.41) is 12.8. The van der Waals surface area contributed by atoms with Gasteiger partial charge in [0.05, 0.1) is 30.6 Å². The molecule has 1 aromatic carbocycles. The molecule has 3 heterocycles. The highest BCUT2D eigenvalue weighted by molar-refractivity contribution is 7.21. The van der Waals surface area contributed by atoms with E-state index in [1.165, 1.54) is 17.5 Å². The van der Waals surface area contributed by atoms with Gasteiger partial charge in [-0.25, -0.2) is 9.97 Å². The van der Waals surface area contributed by atoms with Crippen LogP contribution in [0.5, 0.6) is 5.75 Å². The zero-order valence-corrected chi connectivity index (χ0v) is 19.9. The number of hydrogen-bond acceptors (Lipinski definition) is 8. The third kappa shape index (κ3) is 4.18. The maximum Gasteiger partial charge on any atom is 0.259 e. The topological polar surface area (TPSA) is 114 Å². The Morgan fingerprint density at radius 1 is 1.21 bits per heavy atom. The standard InChI is InChI=1S/C24H19ClN6O2S/c1-12-5-16(17-8-15(25)3-4-20(17)33-2)18(10-27-12)22(32)31-24-30-21-23(34-24)29-19(11-28-21)14-6-13(7-14)9-26/h3-5,8,10-11,13-14H,6-7H2,1-2H3,(H,28,30,31,32). The van der Waals surface area contributed by atoms with E-state index in [0.29, 0.717) is 43.1 Å². The molecule has 5 rings (SSSR count). The predicted molar refractivity (Wildman–Crippen MR) is 130 cm³/mol. The Morgan fingerprint density at radius 3 is 2.79 bits per heavy atom. The molecule has 0 unspecified atom stereocenters. The molecule has 0 spiro atoms. The fraction of sp³-hybridized carbons (Fsp3) is 0.250. The highest BCUT2D eigenvalue weighted by Crippen LogP contribution is 2.41. The zero-order chi connectivity index (χ0) is 23.8. The number of aryl methyl sites for hydroxylation is 1. The van der Waals surface area contributed by atoms with E-state index in [0.717, 1.165) is 24.2 Å². The van der Waals surface area contributed by atoms with Crippen molar-refractivity contribution in [2.24, 2.45) is 5.92 Å². The van der Waals surface area contributed by atoms with Crippen molar-refractivity contribution in [3.05, 3.63) is 58.6 Å². The number of anilines is 1. The van der Waals surface area contributed by atoms with E-state index < -0.39 is 0 Å². The van der Waals surface area contributed by atoms with Gasteiger partial charge in [0, 0.05) is 39.9 Å². The number of methoxy groups -OCH3 is 1. The average Bonchev–Trinajstić information content (AvgIpc) is 3.19. The second-order valence-electron chi connectivity index (χ2n) is 8.11. The number of aromatic nitrogens is 4. The fourth-order valence-corrected chi connectivity index (χ4v) is 4.94. The molecular weight excluding hydrogens is 472 g/mol. The van der Waals surface area contributed by atoms with Crippen LogP contribution in [0.2, 0.25) is 5.02 Å². The number of rotatable bonds is 5. The molecule has 1 amide bonds. The Labute approximate surface area is 204 Å². The number of ether oxygens (including phenoxy) is 1. The molecule has 1 N–H and O–H groups in total. The molecule has 1 fully saturated rings. The Kier molecular flexibility index (Phi) is 5.86. The Morgan fingerprint density at radius 2 is 2.03 bits per heavy atom. The van der Waals surface area contributed by atoms with Crippen molar-refractivity contribution in [3.63, 3.8) is 0 Å². The normalized spacial score (nSPS) is 17.1. The number of carbonyl (C=O) groups excluding carboxylic acids is 1. The second kappa shape index (κ2) is 8.97. The van der Waals surface area contributed by atoms with Gasteiger partial charge in [-0.3, -0.25) is 15.1 Å². The van der Waals surface area contributed by atoms with Crippen LogP contribution in [0.25, 0.3) is 21.6 Å². The van der Waals surface area contributed by atoms with Crippen molar-refractivity contribution in [1.82, 2.24) is 19.9 Å². The maximum atomic E-state index is 13.3. The molecule has 0 saturated heterocycles. The molecule has 0 atom stereocenters. The van der Waals surface area contributed by atoms with Gasteiger partial charge in [0.1, 0.15) is 5.75 Å². The lowest BCUT2D eigenvalue weighted by atomic mass is 9.74. The number of pyridine rings is 1. The molecule has 170 valence electrons. The summed E-state index contributed by atoms with van der Waals surface area (Å²) in [5.41, 5.74) is 3.80. The van der Waals surface area contributed by atoms with Crippen molar-refractivity contribution >= 4 is 44.5 Å². The van der Waals surface area contributed by atoms with Gasteiger partial charge >= 0.3 is 0 Å². The van der Waals surface area contributed by atoms with Crippen LogP contribution in [-0.2, 0) is 0 Å². The number of nitriles is 1. The van der Waals surface area contributed by atoms with Gasteiger partial charge in [0.2, 0.25) is 0 Å². The number of amides is 1. The minimum Gasteiger partial charge on any atom is -0.496 e. The monoisotopic (exact) mass is 490 g/mol. The van der Waals surface area contributed by atoms with Crippen molar-refractivity contribution in [3.8, 4) is 22.9 Å². The summed E-state index contributed by atoms with van der Waals surface area (Å²) in [6.45, 7) is 1.85. The van der Waals surface area contributed by atoms with Gasteiger partial charge in [-0.2, -0.15) is 10.2 Å². The molecule has 0 radical (unpaired) electrons. The SMILES string of the molecule is COc1ccc(Cl)cc1-c1cc(C)ncc1C(=O)Nc1nc2ncc(C3CC(C#N)C3)nc2s1.